The lowest BCUT2D eigenvalue weighted by atomic mass is 9.69. The summed E-state index contributed by atoms with van der Waals surface area (Å²) in [4.78, 5) is 22.1. The van der Waals surface area contributed by atoms with Crippen molar-refractivity contribution in [2.45, 2.75) is 38.3 Å². The molecule has 2 aliphatic heterocycles. The van der Waals surface area contributed by atoms with E-state index >= 15 is 0 Å². The number of rotatable bonds is 3. The summed E-state index contributed by atoms with van der Waals surface area (Å²) in [5.41, 5.74) is -0.118. The molecule has 0 aromatic heterocycles. The predicted molar refractivity (Wildman–Crippen MR) is 79.4 cm³/mol. The van der Waals surface area contributed by atoms with Crippen LogP contribution in [0.3, 0.4) is 0 Å². The molecule has 8 nitrogen and oxygen atoms in total. The lowest BCUT2D eigenvalue weighted by Gasteiger charge is -2.37. The number of hydrogen-bond donors (Lipinski definition) is 0. The van der Waals surface area contributed by atoms with Gasteiger partial charge in [0.1, 0.15) is 11.9 Å². The van der Waals surface area contributed by atoms with Gasteiger partial charge < -0.3 is 18.9 Å². The molecular formula is C16H17NO7. The minimum atomic E-state index is -0.830. The molecule has 0 amide bonds. The molecule has 4 rings (SSSR count). The van der Waals surface area contributed by atoms with Crippen molar-refractivity contribution in [1.29, 1.82) is 0 Å². The highest BCUT2D eigenvalue weighted by Gasteiger charge is 2.60. The van der Waals surface area contributed by atoms with E-state index in [1.807, 2.05) is 0 Å². The average molecular weight is 335 g/mol. The van der Waals surface area contributed by atoms with Gasteiger partial charge in [0.15, 0.2) is 6.29 Å². The van der Waals surface area contributed by atoms with Crippen LogP contribution in [0.25, 0.3) is 0 Å². The molecule has 2 unspecified atom stereocenters. The molecule has 2 bridgehead atoms. The van der Waals surface area contributed by atoms with Crippen molar-refractivity contribution >= 4 is 11.8 Å². The molecule has 2 heterocycles. The second-order valence-electron chi connectivity index (χ2n) is 6.81. The molecule has 1 aromatic rings. The number of nitro benzene ring substituents is 1. The number of carbonyl (C=O) groups excluding carboxylic acids is 1. The van der Waals surface area contributed by atoms with Crippen LogP contribution in [0.15, 0.2) is 24.3 Å². The van der Waals surface area contributed by atoms with Gasteiger partial charge in [-0.15, -0.1) is 0 Å². The zero-order valence-electron chi connectivity index (χ0n) is 13.0. The van der Waals surface area contributed by atoms with Crippen molar-refractivity contribution in [2.24, 2.45) is 11.3 Å². The molecule has 0 N–H and O–H groups in total. The highest BCUT2D eigenvalue weighted by Crippen LogP contribution is 2.54. The summed E-state index contributed by atoms with van der Waals surface area (Å²) < 4.78 is 22.0. The van der Waals surface area contributed by atoms with Gasteiger partial charge in [0, 0.05) is 23.5 Å². The third kappa shape index (κ3) is 2.51. The molecule has 8 heteroatoms. The quantitative estimate of drug-likeness (QED) is 0.362. The van der Waals surface area contributed by atoms with Crippen molar-refractivity contribution in [3.05, 3.63) is 34.4 Å². The second kappa shape index (κ2) is 5.42. The van der Waals surface area contributed by atoms with E-state index < -0.39 is 11.1 Å². The number of benzene rings is 1. The Bertz CT molecular complexity index is 676. The molecule has 1 saturated carbocycles. The van der Waals surface area contributed by atoms with Crippen LogP contribution in [0.1, 0.15) is 19.8 Å². The van der Waals surface area contributed by atoms with Crippen LogP contribution in [0.4, 0.5) is 10.5 Å². The first-order valence-corrected chi connectivity index (χ1v) is 7.85. The third-order valence-electron chi connectivity index (χ3n) is 5.17. The first-order chi connectivity index (χ1) is 11.4. The smallest absolute Gasteiger partial charge is 0.428 e. The summed E-state index contributed by atoms with van der Waals surface area (Å²) in [5, 5.41) is 10.6. The van der Waals surface area contributed by atoms with Gasteiger partial charge in [-0.2, -0.15) is 0 Å². The van der Waals surface area contributed by atoms with E-state index in [1.165, 1.54) is 24.3 Å². The van der Waals surface area contributed by atoms with Crippen LogP contribution in [0.5, 0.6) is 5.75 Å². The van der Waals surface area contributed by atoms with Crippen LogP contribution in [0, 0.1) is 21.4 Å². The largest absolute Gasteiger partial charge is 0.514 e. The predicted octanol–water partition coefficient (Wildman–Crippen LogP) is 2.65. The van der Waals surface area contributed by atoms with Crippen molar-refractivity contribution in [3.63, 3.8) is 0 Å². The highest BCUT2D eigenvalue weighted by molar-refractivity contribution is 5.64. The molecule has 128 valence electrons. The zero-order chi connectivity index (χ0) is 16.9. The Morgan fingerprint density at radius 3 is 2.83 bits per heavy atom. The number of carbonyl (C=O) groups is 1. The molecule has 0 radical (unpaired) electrons. The Balaban J connectivity index is 1.39. The molecular weight excluding hydrogens is 318 g/mol. The summed E-state index contributed by atoms with van der Waals surface area (Å²) in [6.07, 6.45) is -0.0730. The second-order valence-corrected chi connectivity index (χ2v) is 6.81. The highest BCUT2D eigenvalue weighted by atomic mass is 16.7. The molecule has 1 aliphatic carbocycles. The summed E-state index contributed by atoms with van der Waals surface area (Å²) >= 11 is 0. The molecule has 1 aromatic carbocycles. The number of ether oxygens (including phenoxy) is 4. The molecule has 5 atom stereocenters. The van der Waals surface area contributed by atoms with Crippen LogP contribution >= 0.6 is 0 Å². The number of nitrogens with zero attached hydrogens (tertiary/aromatic N) is 1. The van der Waals surface area contributed by atoms with Crippen LogP contribution < -0.4 is 4.74 Å². The van der Waals surface area contributed by atoms with Gasteiger partial charge in [-0.3, -0.25) is 10.1 Å². The molecule has 3 aliphatic rings. The lowest BCUT2D eigenvalue weighted by molar-refractivity contribution is -0.384. The van der Waals surface area contributed by atoms with Gasteiger partial charge in [0.25, 0.3) is 5.69 Å². The average Bonchev–Trinajstić information content (AvgIpc) is 3.06. The maximum absolute atomic E-state index is 12.0. The zero-order valence-corrected chi connectivity index (χ0v) is 13.0. The van der Waals surface area contributed by atoms with Gasteiger partial charge in [0.2, 0.25) is 0 Å². The first kappa shape index (κ1) is 15.3. The maximum Gasteiger partial charge on any atom is 0.514 e. The van der Waals surface area contributed by atoms with Gasteiger partial charge in [-0.1, -0.05) is 6.92 Å². The minimum absolute atomic E-state index is 0.0457. The van der Waals surface area contributed by atoms with Gasteiger partial charge in [-0.05, 0) is 25.0 Å². The number of non-ortho nitro benzene ring substituents is 1. The summed E-state index contributed by atoms with van der Waals surface area (Å²) in [7, 11) is 0. The third-order valence-corrected chi connectivity index (χ3v) is 5.17. The molecule has 24 heavy (non-hydrogen) atoms. The molecule has 3 fully saturated rings. The first-order valence-electron chi connectivity index (χ1n) is 7.85. The monoisotopic (exact) mass is 335 g/mol. The number of fused-ring (bicyclic) bond motifs is 1. The van der Waals surface area contributed by atoms with Crippen LogP contribution in [0.2, 0.25) is 0 Å². The van der Waals surface area contributed by atoms with Crippen molar-refractivity contribution in [1.82, 2.24) is 0 Å². The van der Waals surface area contributed by atoms with E-state index in [4.69, 9.17) is 18.9 Å². The SMILES string of the molecule is C[C@@]12CO[C@@H]3OC(C[C@@H]31)C(OC(=O)Oc1ccc([N+](=O)[O-])cc1)C2. The van der Waals surface area contributed by atoms with E-state index in [0.29, 0.717) is 18.9 Å². The minimum Gasteiger partial charge on any atom is -0.428 e. The number of nitro groups is 1. The summed E-state index contributed by atoms with van der Waals surface area (Å²) in [6.45, 7) is 2.73. The van der Waals surface area contributed by atoms with Crippen LogP contribution in [-0.2, 0) is 14.2 Å². The standard InChI is InChI=1S/C16H17NO7/c1-16-7-13(12-6-11(16)14(23-12)21-8-16)24-15(18)22-10-4-2-9(3-5-10)17(19)20/h2-5,11-14H,6-8H2,1H3/t11-,12?,13?,14+,16+/m0/s1. The maximum atomic E-state index is 12.0. The van der Waals surface area contributed by atoms with E-state index in [9.17, 15) is 14.9 Å². The topological polar surface area (TPSA) is 97.1 Å². The fourth-order valence-corrected chi connectivity index (χ4v) is 3.87. The van der Waals surface area contributed by atoms with Crippen LogP contribution in [-0.4, -0.2) is 36.2 Å². The summed E-state index contributed by atoms with van der Waals surface area (Å²) in [5.74, 6) is 0.552. The fourth-order valence-electron chi connectivity index (χ4n) is 3.87. The normalized spacial score (nSPS) is 36.4. The molecule has 0 spiro atoms. The van der Waals surface area contributed by atoms with E-state index in [2.05, 4.69) is 6.92 Å². The van der Waals surface area contributed by atoms with E-state index in [1.54, 1.807) is 0 Å². The lowest BCUT2D eigenvalue weighted by Crippen LogP contribution is -2.43. The van der Waals surface area contributed by atoms with Crippen molar-refractivity contribution in [2.75, 3.05) is 6.61 Å². The Kier molecular flexibility index (Phi) is 3.47. The van der Waals surface area contributed by atoms with E-state index in [0.717, 1.165) is 6.42 Å². The van der Waals surface area contributed by atoms with Gasteiger partial charge in [0.05, 0.1) is 17.6 Å². The number of hydrogen-bond acceptors (Lipinski definition) is 7. The van der Waals surface area contributed by atoms with Gasteiger partial charge in [-0.25, -0.2) is 4.79 Å². The Morgan fingerprint density at radius 1 is 1.38 bits per heavy atom. The van der Waals surface area contributed by atoms with Crippen molar-refractivity contribution < 1.29 is 28.7 Å². The Labute approximate surface area is 137 Å². The van der Waals surface area contributed by atoms with Gasteiger partial charge >= 0.3 is 6.16 Å². The van der Waals surface area contributed by atoms with E-state index in [-0.39, 0.29) is 35.3 Å². The Hall–Kier alpha value is -2.19. The summed E-state index contributed by atoms with van der Waals surface area (Å²) in [6, 6.07) is 5.26. The fraction of sp³-hybridized carbons (Fsp3) is 0.562. The Morgan fingerprint density at radius 2 is 2.12 bits per heavy atom. The molecule has 2 saturated heterocycles. The van der Waals surface area contributed by atoms with Crippen molar-refractivity contribution in [3.8, 4) is 5.75 Å².